The molecule has 0 aliphatic heterocycles. The van der Waals surface area contributed by atoms with Crippen molar-refractivity contribution in [2.75, 3.05) is 7.11 Å². The molecular weight excluding hydrogens is 336 g/mol. The molecule has 0 saturated heterocycles. The lowest BCUT2D eigenvalue weighted by Crippen LogP contribution is -2.14. The van der Waals surface area contributed by atoms with Crippen LogP contribution in [0.25, 0.3) is 11.4 Å². The third-order valence-corrected chi connectivity index (χ3v) is 5.22. The summed E-state index contributed by atoms with van der Waals surface area (Å²) < 4.78 is 32.3. The highest BCUT2D eigenvalue weighted by Gasteiger charge is 2.25. The molecule has 0 amide bonds. The molecule has 1 heterocycles. The quantitative estimate of drug-likeness (QED) is 0.724. The van der Waals surface area contributed by atoms with Crippen molar-refractivity contribution in [3.8, 4) is 17.1 Å². The zero-order valence-electron chi connectivity index (χ0n) is 12.2. The van der Waals surface area contributed by atoms with Gasteiger partial charge in [0.1, 0.15) is 10.6 Å². The average molecular weight is 349 g/mol. The molecule has 1 aromatic heterocycles. The SMILES string of the molecule is COc1ccc(Cl)cc1S(=O)(=O)n1ccnc1-c1ccccc1. The van der Waals surface area contributed by atoms with E-state index in [0.717, 1.165) is 3.97 Å². The van der Waals surface area contributed by atoms with Crippen LogP contribution in [0.4, 0.5) is 0 Å². The standard InChI is InChI=1S/C16H13ClN2O3S/c1-22-14-8-7-13(17)11-15(14)23(20,21)19-10-9-18-16(19)12-5-3-2-4-6-12/h2-11H,1H3. The van der Waals surface area contributed by atoms with E-state index in [1.807, 2.05) is 18.2 Å². The lowest BCUT2D eigenvalue weighted by molar-refractivity contribution is 0.402. The molecule has 0 aliphatic rings. The van der Waals surface area contributed by atoms with Crippen molar-refractivity contribution in [3.05, 3.63) is 65.9 Å². The van der Waals surface area contributed by atoms with Gasteiger partial charge in [-0.05, 0) is 18.2 Å². The lowest BCUT2D eigenvalue weighted by atomic mass is 10.2. The van der Waals surface area contributed by atoms with Gasteiger partial charge in [-0.15, -0.1) is 0 Å². The minimum absolute atomic E-state index is 0.0114. The largest absolute Gasteiger partial charge is 0.495 e. The molecule has 118 valence electrons. The minimum Gasteiger partial charge on any atom is -0.495 e. The summed E-state index contributed by atoms with van der Waals surface area (Å²) >= 11 is 5.95. The Kier molecular flexibility index (Phi) is 4.11. The summed E-state index contributed by atoms with van der Waals surface area (Å²) in [5.41, 5.74) is 0.696. The van der Waals surface area contributed by atoms with Gasteiger partial charge in [-0.1, -0.05) is 41.9 Å². The molecule has 2 aromatic carbocycles. The first kappa shape index (κ1) is 15.6. The van der Waals surface area contributed by atoms with Crippen molar-refractivity contribution in [2.24, 2.45) is 0 Å². The summed E-state index contributed by atoms with van der Waals surface area (Å²) in [4.78, 5) is 4.15. The van der Waals surface area contributed by atoms with Crippen LogP contribution in [0.1, 0.15) is 0 Å². The van der Waals surface area contributed by atoms with Crippen molar-refractivity contribution in [3.63, 3.8) is 0 Å². The van der Waals surface area contributed by atoms with Crippen molar-refractivity contribution in [1.82, 2.24) is 8.96 Å². The van der Waals surface area contributed by atoms with E-state index in [0.29, 0.717) is 16.4 Å². The summed E-state index contributed by atoms with van der Waals surface area (Å²) in [5, 5.41) is 0.311. The molecule has 0 saturated carbocycles. The topological polar surface area (TPSA) is 61.2 Å². The summed E-state index contributed by atoms with van der Waals surface area (Å²) in [6.07, 6.45) is 2.84. The molecule has 3 aromatic rings. The zero-order chi connectivity index (χ0) is 16.4. The Bertz CT molecular complexity index is 937. The van der Waals surface area contributed by atoms with Gasteiger partial charge >= 0.3 is 0 Å². The first-order valence-corrected chi connectivity index (χ1v) is 8.54. The van der Waals surface area contributed by atoms with Gasteiger partial charge in [0, 0.05) is 23.0 Å². The number of benzene rings is 2. The molecule has 0 unspecified atom stereocenters. The van der Waals surface area contributed by atoms with Gasteiger partial charge in [-0.3, -0.25) is 0 Å². The highest BCUT2D eigenvalue weighted by Crippen LogP contribution is 2.31. The van der Waals surface area contributed by atoms with Gasteiger partial charge in [0.2, 0.25) is 0 Å². The Morgan fingerprint density at radius 3 is 2.57 bits per heavy atom. The van der Waals surface area contributed by atoms with Gasteiger partial charge in [0.25, 0.3) is 10.0 Å². The fourth-order valence-electron chi connectivity index (χ4n) is 2.23. The number of imidazole rings is 1. The summed E-state index contributed by atoms with van der Waals surface area (Å²) in [7, 11) is -2.48. The van der Waals surface area contributed by atoms with Crippen LogP contribution in [0.2, 0.25) is 5.02 Å². The van der Waals surface area contributed by atoms with E-state index in [4.69, 9.17) is 16.3 Å². The zero-order valence-corrected chi connectivity index (χ0v) is 13.8. The third-order valence-electron chi connectivity index (χ3n) is 3.30. The third kappa shape index (κ3) is 2.83. The van der Waals surface area contributed by atoms with Gasteiger partial charge in [0.05, 0.1) is 7.11 Å². The maximum atomic E-state index is 13.0. The number of ether oxygens (including phenoxy) is 1. The van der Waals surface area contributed by atoms with Crippen LogP contribution in [0, 0.1) is 0 Å². The second-order valence-electron chi connectivity index (χ2n) is 4.71. The Hall–Kier alpha value is -2.31. The van der Waals surface area contributed by atoms with Crippen LogP contribution in [0.5, 0.6) is 5.75 Å². The molecule has 0 aliphatic carbocycles. The number of hydrogen-bond acceptors (Lipinski definition) is 4. The second-order valence-corrected chi connectivity index (χ2v) is 6.93. The number of hydrogen-bond donors (Lipinski definition) is 0. The van der Waals surface area contributed by atoms with Crippen molar-refractivity contribution < 1.29 is 13.2 Å². The molecular formula is C16H13ClN2O3S. The molecule has 7 heteroatoms. The molecule has 5 nitrogen and oxygen atoms in total. The Labute approximate surface area is 139 Å². The number of aromatic nitrogens is 2. The smallest absolute Gasteiger partial charge is 0.273 e. The van der Waals surface area contributed by atoms with Gasteiger partial charge < -0.3 is 4.74 Å². The van der Waals surface area contributed by atoms with Crippen LogP contribution in [-0.4, -0.2) is 24.5 Å². The first-order valence-electron chi connectivity index (χ1n) is 6.72. The highest BCUT2D eigenvalue weighted by atomic mass is 35.5. The highest BCUT2D eigenvalue weighted by molar-refractivity contribution is 7.90. The number of nitrogens with zero attached hydrogens (tertiary/aromatic N) is 2. The predicted molar refractivity (Wildman–Crippen MR) is 88.3 cm³/mol. The lowest BCUT2D eigenvalue weighted by Gasteiger charge is -2.12. The molecule has 0 radical (unpaired) electrons. The van der Waals surface area contributed by atoms with Gasteiger partial charge in [-0.25, -0.2) is 17.4 Å². The van der Waals surface area contributed by atoms with Crippen LogP contribution in [0.3, 0.4) is 0 Å². The molecule has 0 spiro atoms. The molecule has 0 bridgehead atoms. The summed E-state index contributed by atoms with van der Waals surface area (Å²) in [5.74, 6) is 0.551. The van der Waals surface area contributed by atoms with Crippen LogP contribution < -0.4 is 4.74 Å². The van der Waals surface area contributed by atoms with Crippen molar-refractivity contribution >= 4 is 21.6 Å². The fraction of sp³-hybridized carbons (Fsp3) is 0.0625. The summed E-state index contributed by atoms with van der Waals surface area (Å²) in [6.45, 7) is 0. The van der Waals surface area contributed by atoms with Gasteiger partial charge in [0.15, 0.2) is 5.82 Å². The Morgan fingerprint density at radius 2 is 1.87 bits per heavy atom. The second kappa shape index (κ2) is 6.06. The average Bonchev–Trinajstić information content (AvgIpc) is 3.06. The monoisotopic (exact) mass is 348 g/mol. The van der Waals surface area contributed by atoms with E-state index in [1.54, 1.807) is 18.2 Å². The van der Waals surface area contributed by atoms with E-state index < -0.39 is 10.0 Å². The molecule has 3 rings (SSSR count). The molecule has 0 fully saturated rings. The maximum absolute atomic E-state index is 13.0. The van der Waals surface area contributed by atoms with E-state index in [-0.39, 0.29) is 10.6 Å². The van der Waals surface area contributed by atoms with E-state index >= 15 is 0 Å². The number of halogens is 1. The molecule has 0 N–H and O–H groups in total. The molecule has 0 atom stereocenters. The van der Waals surface area contributed by atoms with E-state index in [2.05, 4.69) is 4.98 Å². The van der Waals surface area contributed by atoms with Crippen molar-refractivity contribution in [2.45, 2.75) is 4.90 Å². The molecule has 23 heavy (non-hydrogen) atoms. The van der Waals surface area contributed by atoms with Crippen LogP contribution >= 0.6 is 11.6 Å². The van der Waals surface area contributed by atoms with E-state index in [1.165, 1.54) is 31.6 Å². The fourth-order valence-corrected chi connectivity index (χ4v) is 3.96. The Morgan fingerprint density at radius 1 is 1.13 bits per heavy atom. The minimum atomic E-state index is -3.89. The number of rotatable bonds is 4. The number of methoxy groups -OCH3 is 1. The first-order chi connectivity index (χ1) is 11.0. The summed E-state index contributed by atoms with van der Waals surface area (Å²) in [6, 6.07) is 13.5. The maximum Gasteiger partial charge on any atom is 0.273 e. The normalized spacial score (nSPS) is 11.4. The van der Waals surface area contributed by atoms with Crippen LogP contribution in [-0.2, 0) is 10.0 Å². The van der Waals surface area contributed by atoms with E-state index in [9.17, 15) is 8.42 Å². The predicted octanol–water partition coefficient (Wildman–Crippen LogP) is 3.45. The Balaban J connectivity index is 2.20. The van der Waals surface area contributed by atoms with Crippen LogP contribution in [0.15, 0.2) is 65.8 Å². The van der Waals surface area contributed by atoms with Crippen molar-refractivity contribution in [1.29, 1.82) is 0 Å². The van der Waals surface area contributed by atoms with Gasteiger partial charge in [-0.2, -0.15) is 0 Å².